The van der Waals surface area contributed by atoms with Gasteiger partial charge in [0.1, 0.15) is 13.2 Å². The molecule has 0 fully saturated rings. The van der Waals surface area contributed by atoms with E-state index in [-0.39, 0.29) is 31.1 Å². The Morgan fingerprint density at radius 2 is 0.547 bits per heavy atom. The molecule has 0 saturated carbocycles. The second-order valence-electron chi connectivity index (χ2n) is 20.6. The summed E-state index contributed by atoms with van der Waals surface area (Å²) in [5, 5.41) is 0. The maximum absolute atomic E-state index is 12.8. The summed E-state index contributed by atoms with van der Waals surface area (Å²) in [6.45, 7) is 6.45. The van der Waals surface area contributed by atoms with Crippen LogP contribution in [0.2, 0.25) is 0 Å². The smallest absolute Gasteiger partial charge is 0.306 e. The first kappa shape index (κ1) is 71.1. The highest BCUT2D eigenvalue weighted by Gasteiger charge is 2.19. The van der Waals surface area contributed by atoms with E-state index >= 15 is 0 Å². The molecule has 0 aromatic carbocycles. The highest BCUT2D eigenvalue weighted by Crippen LogP contribution is 2.15. The Hall–Kier alpha value is -3.93. The minimum Gasteiger partial charge on any atom is -0.462 e. The van der Waals surface area contributed by atoms with Crippen LogP contribution >= 0.6 is 0 Å². The molecule has 75 heavy (non-hydrogen) atoms. The summed E-state index contributed by atoms with van der Waals surface area (Å²) in [4.78, 5) is 38.1. The van der Waals surface area contributed by atoms with Gasteiger partial charge in [-0.3, -0.25) is 14.4 Å². The Labute approximate surface area is 463 Å². The molecular formula is C69H116O6. The topological polar surface area (TPSA) is 78.9 Å². The number of carbonyl (C=O) groups excluding carboxylic acids is 3. The molecule has 0 radical (unpaired) electrons. The molecule has 0 aliphatic carbocycles. The van der Waals surface area contributed by atoms with Crippen LogP contribution in [0.3, 0.4) is 0 Å². The van der Waals surface area contributed by atoms with Crippen LogP contribution in [0.25, 0.3) is 0 Å². The van der Waals surface area contributed by atoms with Crippen LogP contribution in [0.4, 0.5) is 0 Å². The standard InChI is InChI=1S/C69H116O6/c1-4-7-10-13-16-19-22-24-26-27-28-29-30-31-32-33-34-35-36-37-38-39-40-41-42-43-44-46-47-50-53-56-59-62-68(71)74-65-66(64-73-67(70)61-58-55-52-49-21-18-15-12-9-6-3)75-69(72)63-60-57-54-51-48-45-25-23-20-17-14-11-8-5-2/h7,10,12,15-16,19,23-26,28-29,31-32,34-35,37-38,66H,4-6,8-9,11,13-14,17-18,20-22,27,30,33,36,39-65H2,1-3H3/b10-7-,15-12-,19-16-,25-23-,26-24-,29-28-,32-31-,35-34-,38-37-. The van der Waals surface area contributed by atoms with Crippen molar-refractivity contribution in [1.82, 2.24) is 0 Å². The summed E-state index contributed by atoms with van der Waals surface area (Å²) in [5.41, 5.74) is 0. The van der Waals surface area contributed by atoms with Crippen molar-refractivity contribution in [3.05, 3.63) is 109 Å². The molecule has 0 rings (SSSR count). The molecule has 6 heteroatoms. The van der Waals surface area contributed by atoms with E-state index in [2.05, 4.69) is 130 Å². The quantitative estimate of drug-likeness (QED) is 0.0261. The van der Waals surface area contributed by atoms with E-state index in [1.54, 1.807) is 0 Å². The largest absolute Gasteiger partial charge is 0.462 e. The molecule has 0 spiro atoms. The molecule has 0 aliphatic rings. The Bertz CT molecular complexity index is 1520. The Balaban J connectivity index is 4.16. The number of rotatable bonds is 56. The average Bonchev–Trinajstić information content (AvgIpc) is 3.41. The summed E-state index contributed by atoms with van der Waals surface area (Å²) < 4.78 is 16.8. The SMILES string of the molecule is CC/C=C\C/C=C\C/C=C\C/C=C\C/C=C\C/C=C\C/C=C\CCCCCCCCCCCCCC(=O)OCC(COC(=O)CCCCCCC/C=C\CCC)OC(=O)CCCCCCC/C=C\CCCCCCC. The van der Waals surface area contributed by atoms with Gasteiger partial charge in [-0.25, -0.2) is 0 Å². The zero-order chi connectivity index (χ0) is 54.3. The molecule has 1 unspecified atom stereocenters. The van der Waals surface area contributed by atoms with Crippen molar-refractivity contribution >= 4 is 17.9 Å². The zero-order valence-electron chi connectivity index (χ0n) is 49.0. The molecule has 0 aromatic heterocycles. The number of carbonyl (C=O) groups is 3. The third kappa shape index (κ3) is 60.8. The minimum absolute atomic E-state index is 0.0847. The molecule has 0 amide bonds. The monoisotopic (exact) mass is 1040 g/mol. The highest BCUT2D eigenvalue weighted by atomic mass is 16.6. The molecular weight excluding hydrogens is 925 g/mol. The van der Waals surface area contributed by atoms with Gasteiger partial charge in [0.15, 0.2) is 6.10 Å². The molecule has 6 nitrogen and oxygen atoms in total. The lowest BCUT2D eigenvalue weighted by Crippen LogP contribution is -2.30. The van der Waals surface area contributed by atoms with E-state index in [4.69, 9.17) is 14.2 Å². The van der Waals surface area contributed by atoms with Gasteiger partial charge >= 0.3 is 17.9 Å². The summed E-state index contributed by atoms with van der Waals surface area (Å²) in [6.07, 6.45) is 85.3. The van der Waals surface area contributed by atoms with E-state index in [0.717, 1.165) is 128 Å². The fourth-order valence-corrected chi connectivity index (χ4v) is 8.54. The Morgan fingerprint density at radius 3 is 0.880 bits per heavy atom. The number of unbranched alkanes of at least 4 members (excludes halogenated alkanes) is 27. The molecule has 0 aliphatic heterocycles. The molecule has 0 bridgehead atoms. The first-order chi connectivity index (χ1) is 37.0. The first-order valence-corrected chi connectivity index (χ1v) is 31.4. The number of hydrogen-bond acceptors (Lipinski definition) is 6. The molecule has 0 heterocycles. The lowest BCUT2D eigenvalue weighted by molar-refractivity contribution is -0.167. The maximum atomic E-state index is 12.8. The van der Waals surface area contributed by atoms with Crippen molar-refractivity contribution in [2.75, 3.05) is 13.2 Å². The van der Waals surface area contributed by atoms with Crippen LogP contribution in [0.1, 0.15) is 290 Å². The predicted molar refractivity (Wildman–Crippen MR) is 325 cm³/mol. The summed E-state index contributed by atoms with van der Waals surface area (Å²) in [5.74, 6) is -0.903. The van der Waals surface area contributed by atoms with Crippen LogP contribution in [0.15, 0.2) is 109 Å². The van der Waals surface area contributed by atoms with Gasteiger partial charge in [0.25, 0.3) is 0 Å². The molecule has 0 N–H and O–H groups in total. The van der Waals surface area contributed by atoms with Gasteiger partial charge in [0, 0.05) is 19.3 Å². The van der Waals surface area contributed by atoms with E-state index in [1.165, 1.54) is 122 Å². The van der Waals surface area contributed by atoms with Crippen molar-refractivity contribution in [1.29, 1.82) is 0 Å². The zero-order valence-corrected chi connectivity index (χ0v) is 49.0. The van der Waals surface area contributed by atoms with Gasteiger partial charge in [-0.2, -0.15) is 0 Å². The summed E-state index contributed by atoms with van der Waals surface area (Å²) in [6, 6.07) is 0. The van der Waals surface area contributed by atoms with Crippen molar-refractivity contribution in [3.8, 4) is 0 Å². The van der Waals surface area contributed by atoms with Crippen LogP contribution in [-0.2, 0) is 28.6 Å². The van der Waals surface area contributed by atoms with Gasteiger partial charge in [-0.15, -0.1) is 0 Å². The predicted octanol–water partition coefficient (Wildman–Crippen LogP) is 21.4. The van der Waals surface area contributed by atoms with E-state index in [1.807, 2.05) is 0 Å². The second kappa shape index (κ2) is 62.6. The van der Waals surface area contributed by atoms with Crippen molar-refractivity contribution in [2.45, 2.75) is 297 Å². The third-order valence-corrected chi connectivity index (χ3v) is 13.2. The molecule has 0 aromatic rings. The Morgan fingerprint density at radius 1 is 0.280 bits per heavy atom. The molecule has 428 valence electrons. The van der Waals surface area contributed by atoms with Crippen molar-refractivity contribution in [2.24, 2.45) is 0 Å². The molecule has 1 atom stereocenters. The highest BCUT2D eigenvalue weighted by molar-refractivity contribution is 5.71. The number of allylic oxidation sites excluding steroid dienone is 18. The van der Waals surface area contributed by atoms with Crippen LogP contribution in [0.5, 0.6) is 0 Å². The fraction of sp³-hybridized carbons (Fsp3) is 0.696. The maximum Gasteiger partial charge on any atom is 0.306 e. The lowest BCUT2D eigenvalue weighted by atomic mass is 10.0. The third-order valence-electron chi connectivity index (χ3n) is 13.2. The van der Waals surface area contributed by atoms with E-state index in [9.17, 15) is 14.4 Å². The van der Waals surface area contributed by atoms with Crippen molar-refractivity contribution < 1.29 is 28.6 Å². The van der Waals surface area contributed by atoms with Gasteiger partial charge < -0.3 is 14.2 Å². The van der Waals surface area contributed by atoms with E-state index < -0.39 is 6.10 Å². The number of hydrogen-bond donors (Lipinski definition) is 0. The number of esters is 3. The Kier molecular flexibility index (Phi) is 59.3. The van der Waals surface area contributed by atoms with Gasteiger partial charge in [-0.05, 0) is 122 Å². The second-order valence-corrected chi connectivity index (χ2v) is 20.6. The van der Waals surface area contributed by atoms with E-state index in [0.29, 0.717) is 19.3 Å². The number of ether oxygens (including phenoxy) is 3. The minimum atomic E-state index is -0.786. The van der Waals surface area contributed by atoms with Crippen molar-refractivity contribution in [3.63, 3.8) is 0 Å². The summed E-state index contributed by atoms with van der Waals surface area (Å²) in [7, 11) is 0. The van der Waals surface area contributed by atoms with Crippen LogP contribution in [-0.4, -0.2) is 37.2 Å². The first-order valence-electron chi connectivity index (χ1n) is 31.4. The van der Waals surface area contributed by atoms with Gasteiger partial charge in [-0.1, -0.05) is 259 Å². The average molecular weight is 1040 g/mol. The van der Waals surface area contributed by atoms with Gasteiger partial charge in [0.2, 0.25) is 0 Å². The van der Waals surface area contributed by atoms with Gasteiger partial charge in [0.05, 0.1) is 0 Å². The summed E-state index contributed by atoms with van der Waals surface area (Å²) >= 11 is 0. The van der Waals surface area contributed by atoms with Crippen LogP contribution in [0, 0.1) is 0 Å². The molecule has 0 saturated heterocycles. The lowest BCUT2D eigenvalue weighted by Gasteiger charge is -2.18. The normalized spacial score (nSPS) is 12.8. The van der Waals surface area contributed by atoms with Crippen LogP contribution < -0.4 is 0 Å². The fourth-order valence-electron chi connectivity index (χ4n) is 8.54.